The molecular weight excluding hydrogens is 248 g/mol. The van der Waals surface area contributed by atoms with Crippen LogP contribution in [0.3, 0.4) is 0 Å². The Labute approximate surface area is 104 Å². The first-order valence-electron chi connectivity index (χ1n) is 4.82. The number of hydrogen-bond donors (Lipinski definition) is 1. The van der Waals surface area contributed by atoms with E-state index in [0.717, 1.165) is 18.7 Å². The average molecular weight is 261 g/mol. The van der Waals surface area contributed by atoms with Gasteiger partial charge in [-0.25, -0.2) is 0 Å². The highest BCUT2D eigenvalue weighted by Gasteiger charge is 2.13. The molecule has 16 heavy (non-hydrogen) atoms. The monoisotopic (exact) mass is 260 g/mol. The second kappa shape index (κ2) is 6.60. The van der Waals surface area contributed by atoms with Gasteiger partial charge in [0.25, 0.3) is 5.69 Å². The van der Waals surface area contributed by atoms with Gasteiger partial charge in [-0.05, 0) is 30.6 Å². The summed E-state index contributed by atoms with van der Waals surface area (Å²) in [7, 11) is 0. The van der Waals surface area contributed by atoms with Gasteiger partial charge in [0.05, 0.1) is 4.92 Å². The van der Waals surface area contributed by atoms with Crippen molar-refractivity contribution in [2.75, 3.05) is 23.9 Å². The fraction of sp³-hybridized carbons (Fsp3) is 0.400. The second-order valence-electron chi connectivity index (χ2n) is 3.19. The summed E-state index contributed by atoms with van der Waals surface area (Å²) in [5.41, 5.74) is 0.548. The van der Waals surface area contributed by atoms with Crippen LogP contribution in [-0.2, 0) is 0 Å². The molecule has 1 aromatic carbocycles. The van der Waals surface area contributed by atoms with Gasteiger partial charge in [-0.15, -0.1) is 0 Å². The molecule has 1 N–H and O–H groups in total. The Kier molecular flexibility index (Phi) is 5.42. The minimum absolute atomic E-state index is 0.0247. The van der Waals surface area contributed by atoms with Crippen LogP contribution in [-0.4, -0.2) is 23.5 Å². The van der Waals surface area contributed by atoms with Gasteiger partial charge in [-0.3, -0.25) is 10.1 Å². The molecule has 0 amide bonds. The fourth-order valence-electron chi connectivity index (χ4n) is 1.24. The van der Waals surface area contributed by atoms with Gasteiger partial charge in [0.2, 0.25) is 0 Å². The minimum atomic E-state index is -0.428. The summed E-state index contributed by atoms with van der Waals surface area (Å²) in [6.07, 6.45) is 3.01. The van der Waals surface area contributed by atoms with Crippen LogP contribution in [0.2, 0.25) is 5.02 Å². The molecule has 0 fully saturated rings. The highest BCUT2D eigenvalue weighted by Crippen LogP contribution is 2.27. The normalized spacial score (nSPS) is 10.1. The molecule has 1 rings (SSSR count). The standard InChI is InChI=1S/C10H13ClN2O2S/c1-16-6-2-5-12-9-4-3-8(11)7-10(9)13(14)15/h3-4,7,12H,2,5-6H2,1H3. The molecule has 0 aliphatic heterocycles. The predicted molar refractivity (Wildman–Crippen MR) is 69.6 cm³/mol. The summed E-state index contributed by atoms with van der Waals surface area (Å²) in [5.74, 6) is 1.04. The van der Waals surface area contributed by atoms with Crippen LogP contribution in [0, 0.1) is 10.1 Å². The Bertz CT molecular complexity index is 374. The van der Waals surface area contributed by atoms with Gasteiger partial charge < -0.3 is 5.32 Å². The maximum absolute atomic E-state index is 10.8. The molecule has 0 bridgehead atoms. The van der Waals surface area contributed by atoms with Gasteiger partial charge in [0.15, 0.2) is 0 Å². The summed E-state index contributed by atoms with van der Waals surface area (Å²) in [6, 6.07) is 4.64. The van der Waals surface area contributed by atoms with Crippen LogP contribution in [0.25, 0.3) is 0 Å². The first kappa shape index (κ1) is 13.1. The van der Waals surface area contributed by atoms with Crippen LogP contribution in [0.5, 0.6) is 0 Å². The van der Waals surface area contributed by atoms with E-state index >= 15 is 0 Å². The maximum Gasteiger partial charge on any atom is 0.293 e. The first-order valence-corrected chi connectivity index (χ1v) is 6.59. The molecule has 0 unspecified atom stereocenters. The summed E-state index contributed by atoms with van der Waals surface area (Å²) in [4.78, 5) is 10.3. The topological polar surface area (TPSA) is 55.2 Å². The van der Waals surface area contributed by atoms with E-state index in [-0.39, 0.29) is 5.69 Å². The van der Waals surface area contributed by atoms with Crippen LogP contribution in [0.15, 0.2) is 18.2 Å². The number of nitrogens with one attached hydrogen (secondary N) is 1. The van der Waals surface area contributed by atoms with E-state index in [1.807, 2.05) is 6.26 Å². The lowest BCUT2D eigenvalue weighted by atomic mass is 10.2. The molecule has 0 heterocycles. The van der Waals surface area contributed by atoms with Crippen molar-refractivity contribution in [2.24, 2.45) is 0 Å². The Morgan fingerprint density at radius 1 is 1.56 bits per heavy atom. The molecule has 88 valence electrons. The molecule has 0 atom stereocenters. The molecule has 6 heteroatoms. The number of nitro benzene ring substituents is 1. The number of benzene rings is 1. The smallest absolute Gasteiger partial charge is 0.293 e. The number of nitrogens with zero attached hydrogens (tertiary/aromatic N) is 1. The van der Waals surface area contributed by atoms with Crippen molar-refractivity contribution in [2.45, 2.75) is 6.42 Å². The Hall–Kier alpha value is -0.940. The second-order valence-corrected chi connectivity index (χ2v) is 4.61. The van der Waals surface area contributed by atoms with E-state index in [2.05, 4.69) is 5.32 Å². The third-order valence-corrected chi connectivity index (χ3v) is 2.93. The number of hydrogen-bond acceptors (Lipinski definition) is 4. The number of halogens is 1. The molecule has 1 aromatic rings. The number of nitro groups is 1. The fourth-order valence-corrected chi connectivity index (χ4v) is 1.84. The maximum atomic E-state index is 10.8. The van der Waals surface area contributed by atoms with Gasteiger partial charge in [-0.1, -0.05) is 11.6 Å². The first-order chi connectivity index (χ1) is 7.65. The van der Waals surface area contributed by atoms with Gasteiger partial charge in [-0.2, -0.15) is 11.8 Å². The molecule has 0 saturated carbocycles. The molecule has 0 spiro atoms. The third kappa shape index (κ3) is 3.90. The molecule has 0 saturated heterocycles. The Morgan fingerprint density at radius 3 is 2.94 bits per heavy atom. The summed E-state index contributed by atoms with van der Waals surface area (Å²) in [6.45, 7) is 0.726. The summed E-state index contributed by atoms with van der Waals surface area (Å²) in [5, 5.41) is 14.2. The number of thioether (sulfide) groups is 1. The van der Waals surface area contributed by atoms with E-state index in [1.54, 1.807) is 23.9 Å². The van der Waals surface area contributed by atoms with Crippen LogP contribution in [0.4, 0.5) is 11.4 Å². The zero-order valence-corrected chi connectivity index (χ0v) is 10.5. The summed E-state index contributed by atoms with van der Waals surface area (Å²) < 4.78 is 0. The lowest BCUT2D eigenvalue weighted by Crippen LogP contribution is -2.05. The van der Waals surface area contributed by atoms with Crippen LogP contribution >= 0.6 is 23.4 Å². The molecule has 0 radical (unpaired) electrons. The lowest BCUT2D eigenvalue weighted by Gasteiger charge is -2.06. The van der Waals surface area contributed by atoms with E-state index in [1.165, 1.54) is 6.07 Å². The number of anilines is 1. The van der Waals surface area contributed by atoms with Crippen molar-refractivity contribution >= 4 is 34.7 Å². The van der Waals surface area contributed by atoms with Crippen molar-refractivity contribution in [3.8, 4) is 0 Å². The quantitative estimate of drug-likeness (QED) is 0.484. The Morgan fingerprint density at radius 2 is 2.31 bits per heavy atom. The summed E-state index contributed by atoms with van der Waals surface area (Å²) >= 11 is 7.46. The van der Waals surface area contributed by atoms with Crippen molar-refractivity contribution in [1.82, 2.24) is 0 Å². The highest BCUT2D eigenvalue weighted by atomic mass is 35.5. The van der Waals surface area contributed by atoms with Crippen molar-refractivity contribution in [3.05, 3.63) is 33.3 Å². The van der Waals surface area contributed by atoms with Gasteiger partial charge in [0, 0.05) is 17.6 Å². The third-order valence-electron chi connectivity index (χ3n) is 2.00. The van der Waals surface area contributed by atoms with E-state index in [0.29, 0.717) is 10.7 Å². The molecule has 0 aliphatic carbocycles. The molecule has 4 nitrogen and oxygen atoms in total. The van der Waals surface area contributed by atoms with Gasteiger partial charge >= 0.3 is 0 Å². The van der Waals surface area contributed by atoms with E-state index in [9.17, 15) is 10.1 Å². The molecular formula is C10H13ClN2O2S. The number of rotatable bonds is 6. The minimum Gasteiger partial charge on any atom is -0.379 e. The van der Waals surface area contributed by atoms with Crippen molar-refractivity contribution in [1.29, 1.82) is 0 Å². The van der Waals surface area contributed by atoms with E-state index < -0.39 is 4.92 Å². The molecule has 0 aromatic heterocycles. The largest absolute Gasteiger partial charge is 0.379 e. The van der Waals surface area contributed by atoms with Gasteiger partial charge in [0.1, 0.15) is 5.69 Å². The van der Waals surface area contributed by atoms with Crippen molar-refractivity contribution < 1.29 is 4.92 Å². The SMILES string of the molecule is CSCCCNc1ccc(Cl)cc1[N+](=O)[O-]. The van der Waals surface area contributed by atoms with Crippen LogP contribution < -0.4 is 5.32 Å². The van der Waals surface area contributed by atoms with E-state index in [4.69, 9.17) is 11.6 Å². The lowest BCUT2D eigenvalue weighted by molar-refractivity contribution is -0.383. The zero-order chi connectivity index (χ0) is 12.0. The zero-order valence-electron chi connectivity index (χ0n) is 8.90. The highest BCUT2D eigenvalue weighted by molar-refractivity contribution is 7.98. The predicted octanol–water partition coefficient (Wildman–Crippen LogP) is 3.41. The van der Waals surface area contributed by atoms with Crippen molar-refractivity contribution in [3.63, 3.8) is 0 Å². The average Bonchev–Trinajstić information content (AvgIpc) is 2.26. The molecule has 0 aliphatic rings. The van der Waals surface area contributed by atoms with Crippen LogP contribution in [0.1, 0.15) is 6.42 Å². The Balaban J connectivity index is 2.67.